The summed E-state index contributed by atoms with van der Waals surface area (Å²) in [4.78, 5) is 15.3. The Labute approximate surface area is 123 Å². The van der Waals surface area contributed by atoms with Gasteiger partial charge < -0.3 is 10.6 Å². The average molecular weight is 279 g/mol. The lowest BCUT2D eigenvalue weighted by atomic mass is 10.2. The van der Waals surface area contributed by atoms with E-state index in [-0.39, 0.29) is 0 Å². The van der Waals surface area contributed by atoms with Crippen LogP contribution in [-0.4, -0.2) is 21.5 Å². The van der Waals surface area contributed by atoms with Crippen molar-refractivity contribution in [2.24, 2.45) is 0 Å². The van der Waals surface area contributed by atoms with Crippen molar-refractivity contribution < 1.29 is 0 Å². The van der Waals surface area contributed by atoms with Crippen LogP contribution in [0, 0.1) is 0 Å². The number of nitrogens with two attached hydrogens (primary N) is 1. The summed E-state index contributed by atoms with van der Waals surface area (Å²) in [5, 5.41) is 1.00. The first kappa shape index (κ1) is 13.3. The topological polar surface area (TPSA) is 67.9 Å². The molecule has 0 atom stereocenters. The van der Waals surface area contributed by atoms with E-state index in [1.807, 2.05) is 42.6 Å². The predicted molar refractivity (Wildman–Crippen MR) is 84.9 cm³/mol. The lowest BCUT2D eigenvalue weighted by molar-refractivity contribution is 0.796. The summed E-state index contributed by atoms with van der Waals surface area (Å²) in [5.41, 5.74) is 8.41. The summed E-state index contributed by atoms with van der Waals surface area (Å²) in [7, 11) is 0. The maximum atomic E-state index is 5.82. The molecule has 2 heterocycles. The molecular weight excluding hydrogens is 262 g/mol. The molecule has 0 unspecified atom stereocenters. The molecule has 1 aromatic carbocycles. The Balaban J connectivity index is 2.01. The SMILES string of the molecule is CCN(Cc1ccccn1)c1ncnc2cc(N)ccc12. The molecule has 0 aliphatic heterocycles. The molecule has 0 spiro atoms. The van der Waals surface area contributed by atoms with Gasteiger partial charge in [0.2, 0.25) is 0 Å². The molecule has 5 nitrogen and oxygen atoms in total. The summed E-state index contributed by atoms with van der Waals surface area (Å²) in [6, 6.07) is 11.7. The number of pyridine rings is 1. The standard InChI is InChI=1S/C16H17N5/c1-2-21(10-13-5-3-4-8-18-13)16-14-7-6-12(17)9-15(14)19-11-20-16/h3-9,11H,2,10,17H2,1H3. The maximum absolute atomic E-state index is 5.82. The molecule has 0 amide bonds. The lowest BCUT2D eigenvalue weighted by Gasteiger charge is -2.22. The summed E-state index contributed by atoms with van der Waals surface area (Å²) in [5.74, 6) is 0.910. The van der Waals surface area contributed by atoms with Crippen molar-refractivity contribution in [2.75, 3.05) is 17.2 Å². The Morgan fingerprint density at radius 3 is 2.76 bits per heavy atom. The number of rotatable bonds is 4. The van der Waals surface area contributed by atoms with E-state index in [0.717, 1.165) is 29.0 Å². The zero-order valence-corrected chi connectivity index (χ0v) is 11.9. The number of hydrogen-bond acceptors (Lipinski definition) is 5. The van der Waals surface area contributed by atoms with Crippen molar-refractivity contribution >= 4 is 22.4 Å². The molecule has 3 aromatic rings. The number of anilines is 2. The first-order valence-corrected chi connectivity index (χ1v) is 6.93. The van der Waals surface area contributed by atoms with Gasteiger partial charge in [-0.25, -0.2) is 9.97 Å². The van der Waals surface area contributed by atoms with Crippen molar-refractivity contribution in [3.63, 3.8) is 0 Å². The third-order valence-electron chi connectivity index (χ3n) is 3.40. The number of aromatic nitrogens is 3. The molecule has 0 bridgehead atoms. The lowest BCUT2D eigenvalue weighted by Crippen LogP contribution is -2.24. The summed E-state index contributed by atoms with van der Waals surface area (Å²) in [6.45, 7) is 3.66. The zero-order valence-electron chi connectivity index (χ0n) is 11.9. The largest absolute Gasteiger partial charge is 0.399 e. The zero-order chi connectivity index (χ0) is 14.7. The Hall–Kier alpha value is -2.69. The van der Waals surface area contributed by atoms with E-state index in [1.54, 1.807) is 6.33 Å². The fourth-order valence-corrected chi connectivity index (χ4v) is 2.34. The minimum absolute atomic E-state index is 0.708. The number of nitrogen functional groups attached to an aromatic ring is 1. The van der Waals surface area contributed by atoms with Gasteiger partial charge in [-0.3, -0.25) is 4.98 Å². The van der Waals surface area contributed by atoms with Crippen LogP contribution in [0.4, 0.5) is 11.5 Å². The van der Waals surface area contributed by atoms with Crippen LogP contribution in [0.15, 0.2) is 48.9 Å². The van der Waals surface area contributed by atoms with E-state index in [0.29, 0.717) is 12.2 Å². The first-order valence-electron chi connectivity index (χ1n) is 6.93. The highest BCUT2D eigenvalue weighted by Crippen LogP contribution is 2.25. The molecule has 0 saturated carbocycles. The predicted octanol–water partition coefficient (Wildman–Crippen LogP) is 2.63. The molecule has 0 saturated heterocycles. The van der Waals surface area contributed by atoms with Crippen LogP contribution in [0.3, 0.4) is 0 Å². The minimum atomic E-state index is 0.708. The van der Waals surface area contributed by atoms with Crippen LogP contribution in [0.5, 0.6) is 0 Å². The molecule has 106 valence electrons. The van der Waals surface area contributed by atoms with Crippen LogP contribution in [0.25, 0.3) is 10.9 Å². The Morgan fingerprint density at radius 1 is 1.10 bits per heavy atom. The highest BCUT2D eigenvalue weighted by molar-refractivity contribution is 5.91. The highest BCUT2D eigenvalue weighted by Gasteiger charge is 2.12. The van der Waals surface area contributed by atoms with Gasteiger partial charge in [-0.05, 0) is 37.3 Å². The second-order valence-electron chi connectivity index (χ2n) is 4.81. The molecule has 5 heteroatoms. The number of nitrogens with zero attached hydrogens (tertiary/aromatic N) is 4. The molecule has 21 heavy (non-hydrogen) atoms. The van der Waals surface area contributed by atoms with Crippen LogP contribution >= 0.6 is 0 Å². The first-order chi connectivity index (χ1) is 10.3. The second-order valence-corrected chi connectivity index (χ2v) is 4.81. The fourth-order valence-electron chi connectivity index (χ4n) is 2.34. The van der Waals surface area contributed by atoms with E-state index in [4.69, 9.17) is 5.73 Å². The fraction of sp³-hybridized carbons (Fsp3) is 0.188. The van der Waals surface area contributed by atoms with E-state index in [1.165, 1.54) is 0 Å². The molecule has 0 aliphatic rings. The van der Waals surface area contributed by atoms with Gasteiger partial charge in [-0.2, -0.15) is 0 Å². The molecule has 0 radical (unpaired) electrons. The minimum Gasteiger partial charge on any atom is -0.399 e. The molecule has 3 rings (SSSR count). The second kappa shape index (κ2) is 5.75. The van der Waals surface area contributed by atoms with Crippen molar-refractivity contribution in [2.45, 2.75) is 13.5 Å². The van der Waals surface area contributed by atoms with Crippen molar-refractivity contribution in [3.8, 4) is 0 Å². The van der Waals surface area contributed by atoms with Crippen molar-refractivity contribution in [1.29, 1.82) is 0 Å². The number of hydrogen-bond donors (Lipinski definition) is 1. The maximum Gasteiger partial charge on any atom is 0.140 e. The average Bonchev–Trinajstić information content (AvgIpc) is 2.53. The van der Waals surface area contributed by atoms with Gasteiger partial charge in [0.25, 0.3) is 0 Å². The van der Waals surface area contributed by atoms with Gasteiger partial charge in [0.1, 0.15) is 12.1 Å². The third kappa shape index (κ3) is 2.76. The normalized spacial score (nSPS) is 10.7. The molecular formula is C16H17N5. The number of fused-ring (bicyclic) bond motifs is 1. The third-order valence-corrected chi connectivity index (χ3v) is 3.40. The monoisotopic (exact) mass is 279 g/mol. The van der Waals surface area contributed by atoms with Gasteiger partial charge in [0, 0.05) is 23.8 Å². The van der Waals surface area contributed by atoms with E-state index < -0.39 is 0 Å². The Kier molecular flexibility index (Phi) is 3.64. The molecule has 0 aliphatic carbocycles. The smallest absolute Gasteiger partial charge is 0.140 e. The molecule has 2 N–H and O–H groups in total. The highest BCUT2D eigenvalue weighted by atomic mass is 15.2. The van der Waals surface area contributed by atoms with Crippen LogP contribution < -0.4 is 10.6 Å². The summed E-state index contributed by atoms with van der Waals surface area (Å²) in [6.07, 6.45) is 3.39. The van der Waals surface area contributed by atoms with Crippen molar-refractivity contribution in [1.82, 2.24) is 15.0 Å². The van der Waals surface area contributed by atoms with Gasteiger partial charge in [-0.15, -0.1) is 0 Å². The number of benzene rings is 1. The van der Waals surface area contributed by atoms with Crippen LogP contribution in [-0.2, 0) is 6.54 Å². The van der Waals surface area contributed by atoms with Crippen LogP contribution in [0.1, 0.15) is 12.6 Å². The Bertz CT molecular complexity index is 742. The Morgan fingerprint density at radius 2 is 2.00 bits per heavy atom. The summed E-state index contributed by atoms with van der Waals surface area (Å²) >= 11 is 0. The molecule has 0 fully saturated rings. The summed E-state index contributed by atoms with van der Waals surface area (Å²) < 4.78 is 0. The van der Waals surface area contributed by atoms with E-state index in [9.17, 15) is 0 Å². The molecule has 2 aromatic heterocycles. The quantitative estimate of drug-likeness (QED) is 0.744. The van der Waals surface area contributed by atoms with Gasteiger partial charge >= 0.3 is 0 Å². The van der Waals surface area contributed by atoms with E-state index >= 15 is 0 Å². The van der Waals surface area contributed by atoms with Gasteiger partial charge in [0.05, 0.1) is 17.8 Å². The van der Waals surface area contributed by atoms with Crippen LogP contribution in [0.2, 0.25) is 0 Å². The van der Waals surface area contributed by atoms with Gasteiger partial charge in [-0.1, -0.05) is 6.07 Å². The van der Waals surface area contributed by atoms with Crippen molar-refractivity contribution in [3.05, 3.63) is 54.6 Å². The van der Waals surface area contributed by atoms with E-state index in [2.05, 4.69) is 26.8 Å². The van der Waals surface area contributed by atoms with Gasteiger partial charge in [0.15, 0.2) is 0 Å².